The van der Waals surface area contributed by atoms with Crippen molar-refractivity contribution in [2.75, 3.05) is 6.61 Å². The molecule has 102 valence electrons. The molecule has 0 saturated heterocycles. The molecule has 3 rings (SSSR count). The summed E-state index contributed by atoms with van der Waals surface area (Å²) in [4.78, 5) is 0. The van der Waals surface area contributed by atoms with E-state index in [1.807, 2.05) is 0 Å². The molecule has 18 heavy (non-hydrogen) atoms. The first kappa shape index (κ1) is 12.7. The maximum absolute atomic E-state index is 10.9. The van der Waals surface area contributed by atoms with Crippen LogP contribution in [-0.2, 0) is 0 Å². The zero-order valence-electron chi connectivity index (χ0n) is 11.8. The van der Waals surface area contributed by atoms with E-state index < -0.39 is 0 Å². The first-order chi connectivity index (χ1) is 8.45. The van der Waals surface area contributed by atoms with Crippen LogP contribution in [0.5, 0.6) is 0 Å². The summed E-state index contributed by atoms with van der Waals surface area (Å²) >= 11 is 0. The largest absolute Gasteiger partial charge is 0.396 e. The van der Waals surface area contributed by atoms with Crippen LogP contribution >= 0.6 is 0 Å². The molecule has 3 aliphatic carbocycles. The topological polar surface area (TPSA) is 40.5 Å². The third-order valence-electron chi connectivity index (χ3n) is 6.55. The van der Waals surface area contributed by atoms with Gasteiger partial charge >= 0.3 is 0 Å². The fourth-order valence-corrected chi connectivity index (χ4v) is 5.08. The second-order valence-corrected chi connectivity index (χ2v) is 7.50. The monoisotopic (exact) mass is 250 g/mol. The van der Waals surface area contributed by atoms with Gasteiger partial charge in [-0.3, -0.25) is 0 Å². The summed E-state index contributed by atoms with van der Waals surface area (Å²) in [5.74, 6) is 2.14. The van der Waals surface area contributed by atoms with Gasteiger partial charge in [0.2, 0.25) is 0 Å². The zero-order chi connectivity index (χ0) is 13.1. The van der Waals surface area contributed by atoms with Crippen molar-refractivity contribution in [2.45, 2.75) is 46.1 Å². The SMILES string of the molecule is CC1CC2C(C3CC=CCC1(CO)C3O)C2(C)C. The normalized spacial score (nSPS) is 53.3. The molecule has 0 amide bonds. The molecule has 0 aliphatic heterocycles. The summed E-state index contributed by atoms with van der Waals surface area (Å²) in [5.41, 5.74) is 0.0981. The fraction of sp³-hybridized carbons (Fsp3) is 0.875. The van der Waals surface area contributed by atoms with E-state index in [4.69, 9.17) is 0 Å². The summed E-state index contributed by atoms with van der Waals surface area (Å²) in [6, 6.07) is 0. The Kier molecular flexibility index (Phi) is 2.70. The minimum atomic E-state index is -0.343. The molecular weight excluding hydrogens is 224 g/mol. The third-order valence-corrected chi connectivity index (χ3v) is 6.55. The predicted octanol–water partition coefficient (Wildman–Crippen LogP) is 2.60. The van der Waals surface area contributed by atoms with Crippen LogP contribution in [0.2, 0.25) is 0 Å². The summed E-state index contributed by atoms with van der Waals surface area (Å²) in [5, 5.41) is 20.8. The molecule has 2 bridgehead atoms. The maximum Gasteiger partial charge on any atom is 0.0657 e. The predicted molar refractivity (Wildman–Crippen MR) is 71.9 cm³/mol. The smallest absolute Gasteiger partial charge is 0.0657 e. The Bertz CT molecular complexity index is 373. The van der Waals surface area contributed by atoms with Gasteiger partial charge in [-0.05, 0) is 48.3 Å². The molecule has 6 atom stereocenters. The van der Waals surface area contributed by atoms with Crippen LogP contribution in [0.1, 0.15) is 40.0 Å². The first-order valence-corrected chi connectivity index (χ1v) is 7.39. The second kappa shape index (κ2) is 3.83. The van der Waals surface area contributed by atoms with Crippen LogP contribution in [0.25, 0.3) is 0 Å². The van der Waals surface area contributed by atoms with Crippen LogP contribution in [0.15, 0.2) is 12.2 Å². The summed E-state index contributed by atoms with van der Waals surface area (Å²) in [6.45, 7) is 7.05. The van der Waals surface area contributed by atoms with Crippen molar-refractivity contribution in [3.8, 4) is 0 Å². The third kappa shape index (κ3) is 1.42. The van der Waals surface area contributed by atoms with E-state index in [-0.39, 0.29) is 18.1 Å². The zero-order valence-corrected chi connectivity index (χ0v) is 11.8. The van der Waals surface area contributed by atoms with E-state index in [1.54, 1.807) is 0 Å². The second-order valence-electron chi connectivity index (χ2n) is 7.50. The van der Waals surface area contributed by atoms with E-state index >= 15 is 0 Å². The van der Waals surface area contributed by atoms with Crippen molar-refractivity contribution in [3.05, 3.63) is 12.2 Å². The van der Waals surface area contributed by atoms with Crippen molar-refractivity contribution >= 4 is 0 Å². The number of hydrogen-bond donors (Lipinski definition) is 2. The molecule has 0 spiro atoms. The summed E-state index contributed by atoms with van der Waals surface area (Å²) in [6.07, 6.45) is 7.06. The minimum absolute atomic E-state index is 0.121. The molecular formula is C16H26O2. The molecule has 0 aromatic heterocycles. The molecule has 2 nitrogen and oxygen atoms in total. The number of rotatable bonds is 1. The van der Waals surface area contributed by atoms with Gasteiger partial charge in [-0.15, -0.1) is 0 Å². The number of fused-ring (bicyclic) bond motifs is 4. The Balaban J connectivity index is 2.02. The van der Waals surface area contributed by atoms with Crippen LogP contribution in [0.3, 0.4) is 0 Å². The van der Waals surface area contributed by atoms with Crippen molar-refractivity contribution in [3.63, 3.8) is 0 Å². The Morgan fingerprint density at radius 3 is 2.67 bits per heavy atom. The highest BCUT2D eigenvalue weighted by atomic mass is 16.3. The molecule has 6 unspecified atom stereocenters. The molecule has 0 heterocycles. The van der Waals surface area contributed by atoms with E-state index in [1.165, 1.54) is 6.42 Å². The van der Waals surface area contributed by atoms with Crippen LogP contribution < -0.4 is 0 Å². The summed E-state index contributed by atoms with van der Waals surface area (Å²) in [7, 11) is 0. The Morgan fingerprint density at radius 2 is 2.00 bits per heavy atom. The highest BCUT2D eigenvalue weighted by Gasteiger charge is 2.66. The molecule has 0 radical (unpaired) electrons. The van der Waals surface area contributed by atoms with Crippen LogP contribution in [-0.4, -0.2) is 22.9 Å². The van der Waals surface area contributed by atoms with Gasteiger partial charge in [0.05, 0.1) is 12.7 Å². The molecule has 2 heteroatoms. The standard InChI is InChI=1S/C16H26O2/c1-10-8-12-13(15(12,2)3)11-6-4-5-7-16(10,9-17)14(11)18/h4-5,10-14,17-18H,6-9H2,1-3H3. The van der Waals surface area contributed by atoms with E-state index in [9.17, 15) is 10.2 Å². The first-order valence-electron chi connectivity index (χ1n) is 7.39. The van der Waals surface area contributed by atoms with Crippen molar-refractivity contribution in [1.29, 1.82) is 0 Å². The molecule has 2 N–H and O–H groups in total. The Hall–Kier alpha value is -0.340. The van der Waals surface area contributed by atoms with Crippen molar-refractivity contribution < 1.29 is 10.2 Å². The van der Waals surface area contributed by atoms with Crippen LogP contribution in [0, 0.1) is 34.5 Å². The van der Waals surface area contributed by atoms with E-state index in [2.05, 4.69) is 32.9 Å². The molecule has 2 saturated carbocycles. The molecule has 2 fully saturated rings. The number of hydrogen-bond acceptors (Lipinski definition) is 2. The van der Waals surface area contributed by atoms with Crippen LogP contribution in [0.4, 0.5) is 0 Å². The van der Waals surface area contributed by atoms with Crippen molar-refractivity contribution in [1.82, 2.24) is 0 Å². The molecule has 0 aromatic rings. The average molecular weight is 250 g/mol. The quantitative estimate of drug-likeness (QED) is 0.702. The van der Waals surface area contributed by atoms with Gasteiger partial charge in [-0.2, -0.15) is 0 Å². The average Bonchev–Trinajstić information content (AvgIpc) is 2.92. The van der Waals surface area contributed by atoms with E-state index in [0.717, 1.165) is 18.8 Å². The van der Waals surface area contributed by atoms with Gasteiger partial charge in [0.25, 0.3) is 0 Å². The summed E-state index contributed by atoms with van der Waals surface area (Å²) < 4.78 is 0. The molecule has 0 aromatic carbocycles. The maximum atomic E-state index is 10.9. The Labute approximate surface area is 110 Å². The van der Waals surface area contributed by atoms with Gasteiger partial charge in [0.1, 0.15) is 0 Å². The lowest BCUT2D eigenvalue weighted by Gasteiger charge is -2.42. The fourth-order valence-electron chi connectivity index (χ4n) is 5.08. The van der Waals surface area contributed by atoms with Gasteiger partial charge in [-0.1, -0.05) is 32.9 Å². The highest BCUT2D eigenvalue weighted by molar-refractivity contribution is 5.18. The lowest BCUT2D eigenvalue weighted by molar-refractivity contribution is -0.0811. The number of aliphatic hydroxyl groups excluding tert-OH is 2. The lowest BCUT2D eigenvalue weighted by atomic mass is 9.66. The van der Waals surface area contributed by atoms with E-state index in [0.29, 0.717) is 23.2 Å². The van der Waals surface area contributed by atoms with Gasteiger partial charge < -0.3 is 10.2 Å². The van der Waals surface area contributed by atoms with Gasteiger partial charge in [0.15, 0.2) is 0 Å². The van der Waals surface area contributed by atoms with Gasteiger partial charge in [-0.25, -0.2) is 0 Å². The number of aliphatic hydroxyl groups is 2. The van der Waals surface area contributed by atoms with Crippen molar-refractivity contribution in [2.24, 2.45) is 34.5 Å². The Morgan fingerprint density at radius 1 is 1.28 bits per heavy atom. The number of allylic oxidation sites excluding steroid dienone is 2. The molecule has 3 aliphatic rings. The minimum Gasteiger partial charge on any atom is -0.396 e. The highest BCUT2D eigenvalue weighted by Crippen LogP contribution is 2.69. The van der Waals surface area contributed by atoms with Gasteiger partial charge in [0, 0.05) is 5.41 Å². The lowest BCUT2D eigenvalue weighted by Crippen LogP contribution is -2.47.